The Morgan fingerprint density at radius 3 is 2.67 bits per heavy atom. The molecule has 104 valence electrons. The number of carbonyl (C=O) groups is 1. The zero-order chi connectivity index (χ0) is 15.0. The molecule has 2 heterocycles. The van der Waals surface area contributed by atoms with Crippen molar-refractivity contribution in [2.75, 3.05) is 0 Å². The monoisotopic (exact) mass is 299 g/mol. The molecular weight excluding hydrogens is 290 g/mol. The van der Waals surface area contributed by atoms with E-state index in [4.69, 9.17) is 11.6 Å². The summed E-state index contributed by atoms with van der Waals surface area (Å²) < 4.78 is 0. The van der Waals surface area contributed by atoms with Crippen LogP contribution in [0.3, 0.4) is 0 Å². The largest absolute Gasteiger partial charge is 0.476 e. The molecular formula is C15H10ClN3O2. The van der Waals surface area contributed by atoms with Crippen LogP contribution < -0.4 is 0 Å². The highest BCUT2D eigenvalue weighted by molar-refractivity contribution is 6.35. The highest BCUT2D eigenvalue weighted by Crippen LogP contribution is 2.26. The zero-order valence-electron chi connectivity index (χ0n) is 11.0. The summed E-state index contributed by atoms with van der Waals surface area (Å²) in [5.41, 5.74) is 1.85. The fourth-order valence-electron chi connectivity index (χ4n) is 2.01. The van der Waals surface area contributed by atoms with Crippen molar-refractivity contribution in [1.29, 1.82) is 0 Å². The maximum absolute atomic E-state index is 11.4. The van der Waals surface area contributed by atoms with Crippen molar-refractivity contribution in [3.63, 3.8) is 0 Å². The number of carboxylic acid groups (broad SMARTS) is 1. The molecule has 0 spiro atoms. The molecule has 3 rings (SSSR count). The van der Waals surface area contributed by atoms with Crippen LogP contribution in [-0.2, 0) is 0 Å². The Morgan fingerprint density at radius 1 is 1.19 bits per heavy atom. The molecule has 0 bridgehead atoms. The number of aromatic nitrogens is 3. The molecule has 0 amide bonds. The molecule has 0 saturated carbocycles. The second-order valence-corrected chi connectivity index (χ2v) is 4.93. The van der Waals surface area contributed by atoms with E-state index in [9.17, 15) is 9.90 Å². The van der Waals surface area contributed by atoms with Crippen LogP contribution in [0, 0.1) is 6.92 Å². The van der Waals surface area contributed by atoms with Gasteiger partial charge in [-0.15, -0.1) is 0 Å². The topological polar surface area (TPSA) is 76.0 Å². The van der Waals surface area contributed by atoms with Crippen molar-refractivity contribution in [3.05, 3.63) is 52.9 Å². The minimum atomic E-state index is -1.12. The van der Waals surface area contributed by atoms with Gasteiger partial charge in [-0.25, -0.2) is 14.8 Å². The number of rotatable bonds is 2. The van der Waals surface area contributed by atoms with Gasteiger partial charge in [0.15, 0.2) is 11.5 Å². The third-order valence-corrected chi connectivity index (χ3v) is 3.35. The number of fused-ring (bicyclic) bond motifs is 1. The molecule has 0 aliphatic rings. The fourth-order valence-corrected chi connectivity index (χ4v) is 2.23. The van der Waals surface area contributed by atoms with Crippen molar-refractivity contribution in [2.45, 2.75) is 6.92 Å². The molecule has 0 saturated heterocycles. The molecule has 2 aromatic heterocycles. The lowest BCUT2D eigenvalue weighted by Crippen LogP contribution is -2.05. The first-order valence-electron chi connectivity index (χ1n) is 6.19. The van der Waals surface area contributed by atoms with Crippen LogP contribution >= 0.6 is 11.6 Å². The number of aryl methyl sites for hydroxylation is 1. The summed E-state index contributed by atoms with van der Waals surface area (Å²) in [7, 11) is 0. The van der Waals surface area contributed by atoms with Crippen LogP contribution in [0.2, 0.25) is 5.02 Å². The molecule has 0 aliphatic carbocycles. The summed E-state index contributed by atoms with van der Waals surface area (Å²) in [4.78, 5) is 24.1. The summed E-state index contributed by atoms with van der Waals surface area (Å²) >= 11 is 6.12. The lowest BCUT2D eigenvalue weighted by molar-refractivity contribution is 0.0693. The van der Waals surface area contributed by atoms with Gasteiger partial charge in [0.2, 0.25) is 0 Å². The van der Waals surface area contributed by atoms with Crippen LogP contribution in [0.5, 0.6) is 0 Å². The van der Waals surface area contributed by atoms with Crippen LogP contribution in [0.1, 0.15) is 16.2 Å². The molecule has 3 aromatic rings. The first-order chi connectivity index (χ1) is 10.1. The van der Waals surface area contributed by atoms with Gasteiger partial charge in [0.05, 0.1) is 10.5 Å². The Kier molecular flexibility index (Phi) is 3.27. The van der Waals surface area contributed by atoms with E-state index in [0.717, 1.165) is 5.69 Å². The van der Waals surface area contributed by atoms with Gasteiger partial charge in [0.1, 0.15) is 0 Å². The quantitative estimate of drug-likeness (QED) is 0.785. The van der Waals surface area contributed by atoms with E-state index in [1.165, 1.54) is 0 Å². The summed E-state index contributed by atoms with van der Waals surface area (Å²) in [6.45, 7) is 1.87. The highest BCUT2D eigenvalue weighted by atomic mass is 35.5. The average molecular weight is 300 g/mol. The number of hydrogen-bond donors (Lipinski definition) is 1. The molecule has 1 N–H and O–H groups in total. The molecule has 5 nitrogen and oxygen atoms in total. The smallest absolute Gasteiger partial charge is 0.355 e. The SMILES string of the molecule is Cc1ccc(-c2nc(C(=O)O)c3cccc(Cl)c3n2)cn1. The van der Waals surface area contributed by atoms with Crippen molar-refractivity contribution in [3.8, 4) is 11.4 Å². The summed E-state index contributed by atoms with van der Waals surface area (Å²) in [6.07, 6.45) is 1.61. The lowest BCUT2D eigenvalue weighted by atomic mass is 10.1. The fraction of sp³-hybridized carbons (Fsp3) is 0.0667. The highest BCUT2D eigenvalue weighted by Gasteiger charge is 2.16. The molecule has 1 aromatic carbocycles. The van der Waals surface area contributed by atoms with E-state index in [2.05, 4.69) is 15.0 Å². The van der Waals surface area contributed by atoms with Gasteiger partial charge in [-0.05, 0) is 25.1 Å². The molecule has 0 radical (unpaired) electrons. The molecule has 0 atom stereocenters. The Morgan fingerprint density at radius 2 is 2.00 bits per heavy atom. The lowest BCUT2D eigenvalue weighted by Gasteiger charge is -2.07. The number of benzene rings is 1. The summed E-state index contributed by atoms with van der Waals surface area (Å²) in [5.74, 6) is -0.827. The van der Waals surface area contributed by atoms with E-state index in [0.29, 0.717) is 27.3 Å². The Labute approximate surface area is 125 Å². The van der Waals surface area contributed by atoms with Crippen LogP contribution in [0.15, 0.2) is 36.5 Å². The molecule has 0 fully saturated rings. The third kappa shape index (κ3) is 2.43. The van der Waals surface area contributed by atoms with E-state index < -0.39 is 5.97 Å². The number of aromatic carboxylic acids is 1. The number of hydrogen-bond acceptors (Lipinski definition) is 4. The van der Waals surface area contributed by atoms with Crippen LogP contribution in [0.4, 0.5) is 0 Å². The molecule has 21 heavy (non-hydrogen) atoms. The number of pyridine rings is 1. The normalized spacial score (nSPS) is 10.8. The van der Waals surface area contributed by atoms with Gasteiger partial charge in [-0.3, -0.25) is 4.98 Å². The predicted octanol–water partition coefficient (Wildman–Crippen LogP) is 3.35. The number of halogens is 1. The number of para-hydroxylation sites is 1. The molecule has 6 heteroatoms. The van der Waals surface area contributed by atoms with Gasteiger partial charge in [0.25, 0.3) is 0 Å². The Hall–Kier alpha value is -2.53. The van der Waals surface area contributed by atoms with E-state index in [-0.39, 0.29) is 5.69 Å². The van der Waals surface area contributed by atoms with Crippen molar-refractivity contribution >= 4 is 28.5 Å². The second-order valence-electron chi connectivity index (χ2n) is 4.53. The Bertz CT molecular complexity index is 847. The van der Waals surface area contributed by atoms with Crippen LogP contribution in [-0.4, -0.2) is 26.0 Å². The van der Waals surface area contributed by atoms with Crippen LogP contribution in [0.25, 0.3) is 22.3 Å². The minimum absolute atomic E-state index is 0.0712. The van der Waals surface area contributed by atoms with Gasteiger partial charge >= 0.3 is 5.97 Å². The second kappa shape index (κ2) is 5.10. The number of nitrogens with zero attached hydrogens (tertiary/aromatic N) is 3. The molecule has 0 unspecified atom stereocenters. The van der Waals surface area contributed by atoms with Crippen molar-refractivity contribution < 1.29 is 9.90 Å². The van der Waals surface area contributed by atoms with E-state index in [1.54, 1.807) is 30.5 Å². The van der Waals surface area contributed by atoms with E-state index in [1.807, 2.05) is 13.0 Å². The van der Waals surface area contributed by atoms with Crippen molar-refractivity contribution in [2.24, 2.45) is 0 Å². The summed E-state index contributed by atoms with van der Waals surface area (Å²) in [6, 6.07) is 8.59. The minimum Gasteiger partial charge on any atom is -0.476 e. The van der Waals surface area contributed by atoms with Crippen molar-refractivity contribution in [1.82, 2.24) is 15.0 Å². The van der Waals surface area contributed by atoms with Gasteiger partial charge in [0, 0.05) is 22.8 Å². The maximum Gasteiger partial charge on any atom is 0.355 e. The third-order valence-electron chi connectivity index (χ3n) is 3.05. The van der Waals surface area contributed by atoms with Gasteiger partial charge in [-0.1, -0.05) is 23.7 Å². The standard InChI is InChI=1S/C15H10ClN3O2/c1-8-5-6-9(7-17-8)14-18-12-10(3-2-4-11(12)16)13(19-14)15(20)21/h2-7H,1H3,(H,20,21). The van der Waals surface area contributed by atoms with E-state index >= 15 is 0 Å². The van der Waals surface area contributed by atoms with Gasteiger partial charge < -0.3 is 5.11 Å². The first kappa shape index (κ1) is 13.5. The summed E-state index contributed by atoms with van der Waals surface area (Å²) in [5, 5.41) is 10.1. The first-order valence-corrected chi connectivity index (χ1v) is 6.56. The zero-order valence-corrected chi connectivity index (χ0v) is 11.8. The average Bonchev–Trinajstić information content (AvgIpc) is 2.47. The Balaban J connectivity index is 2.32. The van der Waals surface area contributed by atoms with Gasteiger partial charge in [-0.2, -0.15) is 0 Å². The number of carboxylic acids is 1. The predicted molar refractivity (Wildman–Crippen MR) is 79.5 cm³/mol. The molecule has 0 aliphatic heterocycles. The maximum atomic E-state index is 11.4.